The molecule has 1 aliphatic heterocycles. The van der Waals surface area contributed by atoms with Gasteiger partial charge in [0, 0.05) is 18.0 Å². The van der Waals surface area contributed by atoms with Gasteiger partial charge in [0.25, 0.3) is 0 Å². The number of hydrogen-bond donors (Lipinski definition) is 1. The molecule has 2 N–H and O–H groups in total. The molecule has 1 spiro atoms. The van der Waals surface area contributed by atoms with Crippen molar-refractivity contribution in [2.75, 3.05) is 0 Å². The first-order valence-corrected chi connectivity index (χ1v) is 6.32. The van der Waals surface area contributed by atoms with Gasteiger partial charge in [-0.1, -0.05) is 6.92 Å². The van der Waals surface area contributed by atoms with Gasteiger partial charge in [0.2, 0.25) is 0 Å². The number of ether oxygens (including phenoxy) is 1. The molecule has 0 radical (unpaired) electrons. The predicted octanol–water partition coefficient (Wildman–Crippen LogP) is 3.17. The largest absolute Gasteiger partial charge is 0.487 e. The highest BCUT2D eigenvalue weighted by molar-refractivity contribution is 5.39. The van der Waals surface area contributed by atoms with Crippen LogP contribution < -0.4 is 10.5 Å². The summed E-state index contributed by atoms with van der Waals surface area (Å²) in [5, 5.41) is 0. The fraction of sp³-hybridized carbons (Fsp3) is 0.571. The van der Waals surface area contributed by atoms with Crippen LogP contribution in [0.4, 0.5) is 4.39 Å². The first-order chi connectivity index (χ1) is 8.08. The van der Waals surface area contributed by atoms with Gasteiger partial charge in [-0.05, 0) is 43.4 Å². The average molecular weight is 235 g/mol. The number of hydrogen-bond acceptors (Lipinski definition) is 2. The van der Waals surface area contributed by atoms with Crippen LogP contribution in [0.15, 0.2) is 18.2 Å². The summed E-state index contributed by atoms with van der Waals surface area (Å²) in [6, 6.07) is 4.57. The number of halogens is 1. The summed E-state index contributed by atoms with van der Waals surface area (Å²) in [6.07, 6.45) is 4.15. The van der Waals surface area contributed by atoms with Crippen LogP contribution in [0.2, 0.25) is 0 Å². The molecule has 1 aliphatic carbocycles. The maximum Gasteiger partial charge on any atom is 0.125 e. The molecule has 2 aliphatic rings. The highest BCUT2D eigenvalue weighted by Crippen LogP contribution is 2.48. The van der Waals surface area contributed by atoms with Crippen molar-refractivity contribution in [2.24, 2.45) is 11.7 Å². The van der Waals surface area contributed by atoms with E-state index in [1.807, 2.05) is 0 Å². The monoisotopic (exact) mass is 235 g/mol. The molecule has 17 heavy (non-hydrogen) atoms. The minimum absolute atomic E-state index is 0.0936. The Bertz CT molecular complexity index is 448. The van der Waals surface area contributed by atoms with Crippen molar-refractivity contribution in [3.63, 3.8) is 0 Å². The van der Waals surface area contributed by atoms with E-state index in [2.05, 4.69) is 6.92 Å². The molecule has 3 atom stereocenters. The van der Waals surface area contributed by atoms with Crippen LogP contribution in [0.25, 0.3) is 0 Å². The molecular formula is C14H18FNO. The topological polar surface area (TPSA) is 35.2 Å². The number of fused-ring (bicyclic) bond motifs is 1. The molecule has 1 aromatic carbocycles. The maximum atomic E-state index is 13.2. The molecular weight excluding hydrogens is 217 g/mol. The number of rotatable bonds is 0. The lowest BCUT2D eigenvalue weighted by atomic mass is 9.86. The summed E-state index contributed by atoms with van der Waals surface area (Å²) in [5.74, 6) is 1.24. The standard InChI is InChI=1S/C14H18FNO/c1-9-4-5-14(7-9)8-12(16)11-6-10(15)2-3-13(11)17-14/h2-3,6,9,12H,4-5,7-8,16H2,1H3/t9?,12-,14?/m1/s1. The molecule has 0 saturated heterocycles. The third kappa shape index (κ3) is 1.82. The summed E-state index contributed by atoms with van der Waals surface area (Å²) in [5.41, 5.74) is 6.89. The molecule has 1 fully saturated rings. The Morgan fingerprint density at radius 1 is 1.41 bits per heavy atom. The van der Waals surface area contributed by atoms with Gasteiger partial charge >= 0.3 is 0 Å². The van der Waals surface area contributed by atoms with Crippen molar-refractivity contribution in [1.29, 1.82) is 0 Å². The van der Waals surface area contributed by atoms with Gasteiger partial charge in [0.05, 0.1) is 0 Å². The van der Waals surface area contributed by atoms with E-state index in [1.165, 1.54) is 18.6 Å². The Labute approximate surface area is 101 Å². The van der Waals surface area contributed by atoms with E-state index in [9.17, 15) is 4.39 Å². The van der Waals surface area contributed by atoms with E-state index < -0.39 is 0 Å². The van der Waals surface area contributed by atoms with Crippen LogP contribution >= 0.6 is 0 Å². The zero-order valence-corrected chi connectivity index (χ0v) is 10.1. The lowest BCUT2D eigenvalue weighted by Crippen LogP contribution is -2.40. The summed E-state index contributed by atoms with van der Waals surface area (Å²) < 4.78 is 19.3. The molecule has 2 unspecified atom stereocenters. The van der Waals surface area contributed by atoms with Crippen molar-refractivity contribution in [2.45, 2.75) is 44.2 Å². The Hall–Kier alpha value is -1.09. The second-order valence-corrected chi connectivity index (χ2v) is 5.63. The smallest absolute Gasteiger partial charge is 0.125 e. The van der Waals surface area contributed by atoms with E-state index in [4.69, 9.17) is 10.5 Å². The first kappa shape index (κ1) is 11.0. The summed E-state index contributed by atoms with van der Waals surface area (Å²) in [7, 11) is 0. The number of benzene rings is 1. The summed E-state index contributed by atoms with van der Waals surface area (Å²) >= 11 is 0. The van der Waals surface area contributed by atoms with Gasteiger partial charge in [-0.25, -0.2) is 4.39 Å². The van der Waals surface area contributed by atoms with Gasteiger partial charge < -0.3 is 10.5 Å². The fourth-order valence-corrected chi connectivity index (χ4v) is 3.31. The zero-order valence-electron chi connectivity index (χ0n) is 10.1. The Kier molecular flexibility index (Phi) is 2.40. The Morgan fingerprint density at radius 2 is 2.24 bits per heavy atom. The van der Waals surface area contributed by atoms with Gasteiger partial charge in [0.1, 0.15) is 17.2 Å². The SMILES string of the molecule is CC1CCC2(C1)C[C@@H](N)c1cc(F)ccc1O2. The van der Waals surface area contributed by atoms with E-state index in [-0.39, 0.29) is 17.5 Å². The summed E-state index contributed by atoms with van der Waals surface area (Å²) in [4.78, 5) is 0. The quantitative estimate of drug-likeness (QED) is 0.749. The molecule has 3 heteroatoms. The molecule has 1 saturated carbocycles. The molecule has 2 nitrogen and oxygen atoms in total. The molecule has 3 rings (SSSR count). The van der Waals surface area contributed by atoms with Gasteiger partial charge in [-0.3, -0.25) is 0 Å². The van der Waals surface area contributed by atoms with Gasteiger partial charge in [-0.2, -0.15) is 0 Å². The third-order valence-electron chi connectivity index (χ3n) is 4.10. The first-order valence-electron chi connectivity index (χ1n) is 6.32. The average Bonchev–Trinajstić information content (AvgIpc) is 2.61. The van der Waals surface area contributed by atoms with Crippen LogP contribution in [0.5, 0.6) is 5.75 Å². The Balaban J connectivity index is 1.96. The molecule has 92 valence electrons. The molecule has 0 amide bonds. The minimum Gasteiger partial charge on any atom is -0.487 e. The van der Waals surface area contributed by atoms with Crippen molar-refractivity contribution < 1.29 is 9.13 Å². The summed E-state index contributed by atoms with van der Waals surface area (Å²) in [6.45, 7) is 2.25. The highest BCUT2D eigenvalue weighted by Gasteiger charge is 2.44. The molecule has 1 heterocycles. The van der Waals surface area contributed by atoms with E-state index >= 15 is 0 Å². The van der Waals surface area contributed by atoms with Crippen LogP contribution in [-0.4, -0.2) is 5.60 Å². The van der Waals surface area contributed by atoms with Crippen molar-refractivity contribution in [3.8, 4) is 5.75 Å². The van der Waals surface area contributed by atoms with Crippen LogP contribution in [0, 0.1) is 11.7 Å². The maximum absolute atomic E-state index is 13.2. The van der Waals surface area contributed by atoms with Crippen molar-refractivity contribution in [1.82, 2.24) is 0 Å². The minimum atomic E-state index is -0.237. The van der Waals surface area contributed by atoms with Crippen molar-refractivity contribution >= 4 is 0 Å². The second-order valence-electron chi connectivity index (χ2n) is 5.63. The normalized spacial score (nSPS) is 35.7. The van der Waals surface area contributed by atoms with E-state index in [0.29, 0.717) is 5.92 Å². The van der Waals surface area contributed by atoms with Crippen LogP contribution in [0.3, 0.4) is 0 Å². The third-order valence-corrected chi connectivity index (χ3v) is 4.10. The zero-order chi connectivity index (χ0) is 12.0. The van der Waals surface area contributed by atoms with Gasteiger partial charge in [0.15, 0.2) is 0 Å². The predicted molar refractivity (Wildman–Crippen MR) is 64.3 cm³/mol. The molecule has 0 bridgehead atoms. The number of nitrogens with two attached hydrogens (primary N) is 1. The fourth-order valence-electron chi connectivity index (χ4n) is 3.31. The Morgan fingerprint density at radius 3 is 2.94 bits per heavy atom. The van der Waals surface area contributed by atoms with Crippen molar-refractivity contribution in [3.05, 3.63) is 29.6 Å². The van der Waals surface area contributed by atoms with Crippen LogP contribution in [-0.2, 0) is 0 Å². The molecule has 0 aromatic heterocycles. The highest BCUT2D eigenvalue weighted by atomic mass is 19.1. The molecule has 1 aromatic rings. The van der Waals surface area contributed by atoms with Gasteiger partial charge in [-0.15, -0.1) is 0 Å². The van der Waals surface area contributed by atoms with E-state index in [0.717, 1.165) is 30.6 Å². The van der Waals surface area contributed by atoms with Crippen LogP contribution in [0.1, 0.15) is 44.2 Å². The second kappa shape index (κ2) is 3.70. The lowest BCUT2D eigenvalue weighted by Gasteiger charge is -2.39. The van der Waals surface area contributed by atoms with E-state index in [1.54, 1.807) is 6.07 Å². The lowest BCUT2D eigenvalue weighted by molar-refractivity contribution is 0.0391.